The van der Waals surface area contributed by atoms with E-state index in [0.717, 1.165) is 60.3 Å². The molecule has 5 nitrogen and oxygen atoms in total. The number of benzene rings is 2. The van der Waals surface area contributed by atoms with Gasteiger partial charge in [0.05, 0.1) is 22.2 Å². The minimum absolute atomic E-state index is 0.0137. The number of fused-ring (bicyclic) bond motifs is 1. The number of Topliss-reactive ketones (excluding diaryl/α,β-unsaturated/α-hetero) is 1. The average molecular weight is 599 g/mol. The molecule has 2 aliphatic carbocycles. The SMILES string of the molecule is CN[C@H]1CC[C@H](N(CC2=CC(c3ccc(C(C)=O)cc3)CC=C2OC)C(=O)c2sc3c(F)ccc(F)c3c2Cl)CC1. The molecule has 0 saturated heterocycles. The van der Waals surface area contributed by atoms with Gasteiger partial charge in [0, 0.05) is 35.7 Å². The average Bonchev–Trinajstić information content (AvgIpc) is 3.35. The van der Waals surface area contributed by atoms with Crippen LogP contribution in [-0.4, -0.2) is 49.4 Å². The summed E-state index contributed by atoms with van der Waals surface area (Å²) in [6, 6.07) is 9.99. The van der Waals surface area contributed by atoms with E-state index in [9.17, 15) is 18.4 Å². The van der Waals surface area contributed by atoms with Crippen molar-refractivity contribution in [1.29, 1.82) is 0 Å². The van der Waals surface area contributed by atoms with Crippen molar-refractivity contribution in [2.45, 2.75) is 57.0 Å². The number of nitrogens with one attached hydrogen (secondary N) is 1. The molecule has 9 heteroatoms. The topological polar surface area (TPSA) is 58.6 Å². The molecule has 1 amide bonds. The minimum atomic E-state index is -0.652. The number of ether oxygens (including phenoxy) is 1. The molecule has 216 valence electrons. The number of thiophene rings is 1. The van der Waals surface area contributed by atoms with Gasteiger partial charge in [-0.05, 0) is 69.8 Å². The molecule has 2 aromatic carbocycles. The van der Waals surface area contributed by atoms with Crippen LogP contribution in [0.5, 0.6) is 0 Å². The molecular formula is C32H33ClF2N2O3S. The Labute approximate surface area is 247 Å². The number of halogens is 3. The summed E-state index contributed by atoms with van der Waals surface area (Å²) >= 11 is 7.46. The summed E-state index contributed by atoms with van der Waals surface area (Å²) < 4.78 is 35.0. The summed E-state index contributed by atoms with van der Waals surface area (Å²) in [6.07, 6.45) is 8.25. The molecule has 2 aliphatic rings. The third kappa shape index (κ3) is 5.96. The summed E-state index contributed by atoms with van der Waals surface area (Å²) in [4.78, 5) is 27.9. The highest BCUT2D eigenvalue weighted by molar-refractivity contribution is 7.21. The highest BCUT2D eigenvalue weighted by atomic mass is 35.5. The van der Waals surface area contributed by atoms with E-state index in [4.69, 9.17) is 16.3 Å². The van der Waals surface area contributed by atoms with Gasteiger partial charge in [0.25, 0.3) is 5.91 Å². The van der Waals surface area contributed by atoms with E-state index in [1.54, 1.807) is 18.9 Å². The fraction of sp³-hybridized carbons (Fsp3) is 0.375. The van der Waals surface area contributed by atoms with Crippen LogP contribution in [0.25, 0.3) is 10.1 Å². The van der Waals surface area contributed by atoms with Crippen molar-refractivity contribution in [3.8, 4) is 0 Å². The van der Waals surface area contributed by atoms with Crippen molar-refractivity contribution in [2.75, 3.05) is 20.7 Å². The van der Waals surface area contributed by atoms with Crippen molar-refractivity contribution in [3.63, 3.8) is 0 Å². The predicted molar refractivity (Wildman–Crippen MR) is 160 cm³/mol. The normalized spacial score (nSPS) is 20.9. The van der Waals surface area contributed by atoms with Crippen LogP contribution in [0, 0.1) is 11.6 Å². The maximum Gasteiger partial charge on any atom is 0.266 e. The molecule has 1 atom stereocenters. The zero-order valence-electron chi connectivity index (χ0n) is 23.3. The van der Waals surface area contributed by atoms with Gasteiger partial charge in [-0.1, -0.05) is 41.9 Å². The minimum Gasteiger partial charge on any atom is -0.497 e. The van der Waals surface area contributed by atoms with Crippen LogP contribution in [0.4, 0.5) is 8.78 Å². The van der Waals surface area contributed by atoms with Gasteiger partial charge in [-0.2, -0.15) is 0 Å². The number of allylic oxidation sites excluding steroid dienone is 2. The first-order chi connectivity index (χ1) is 19.7. The zero-order chi connectivity index (χ0) is 29.3. The molecule has 3 aromatic rings. The molecule has 1 unspecified atom stereocenters. The van der Waals surface area contributed by atoms with Crippen LogP contribution in [0.2, 0.25) is 5.02 Å². The molecule has 0 aliphatic heterocycles. The number of carbonyl (C=O) groups is 2. The Bertz CT molecular complexity index is 1520. The zero-order valence-corrected chi connectivity index (χ0v) is 24.9. The molecule has 1 N–H and O–H groups in total. The lowest BCUT2D eigenvalue weighted by molar-refractivity contribution is 0.0646. The monoisotopic (exact) mass is 598 g/mol. The maximum atomic E-state index is 14.7. The van der Waals surface area contributed by atoms with Gasteiger partial charge in [-0.15, -0.1) is 11.3 Å². The molecule has 41 heavy (non-hydrogen) atoms. The third-order valence-electron chi connectivity index (χ3n) is 8.26. The predicted octanol–water partition coefficient (Wildman–Crippen LogP) is 7.65. The smallest absolute Gasteiger partial charge is 0.266 e. The Morgan fingerprint density at radius 1 is 1.07 bits per heavy atom. The van der Waals surface area contributed by atoms with Crippen molar-refractivity contribution in [3.05, 3.63) is 92.5 Å². The second kappa shape index (κ2) is 12.4. The van der Waals surface area contributed by atoms with Gasteiger partial charge in [0.1, 0.15) is 22.3 Å². The number of ketones is 1. The van der Waals surface area contributed by atoms with Gasteiger partial charge in [-0.25, -0.2) is 8.78 Å². The van der Waals surface area contributed by atoms with E-state index >= 15 is 0 Å². The summed E-state index contributed by atoms with van der Waals surface area (Å²) in [5.74, 6) is -0.847. The van der Waals surface area contributed by atoms with Crippen LogP contribution < -0.4 is 5.32 Å². The van der Waals surface area contributed by atoms with Crippen molar-refractivity contribution in [2.24, 2.45) is 0 Å². The fourth-order valence-corrected chi connectivity index (χ4v) is 7.40. The second-order valence-corrected chi connectivity index (χ2v) is 12.1. The van der Waals surface area contributed by atoms with E-state index in [1.807, 2.05) is 37.4 Å². The number of hydrogen-bond donors (Lipinski definition) is 1. The number of nitrogens with zero attached hydrogens (tertiary/aromatic N) is 1. The van der Waals surface area contributed by atoms with Crippen LogP contribution >= 0.6 is 22.9 Å². The van der Waals surface area contributed by atoms with E-state index < -0.39 is 11.6 Å². The van der Waals surface area contributed by atoms with E-state index in [-0.39, 0.29) is 50.2 Å². The number of amides is 1. The molecule has 0 bridgehead atoms. The van der Waals surface area contributed by atoms with Gasteiger partial charge in [0.15, 0.2) is 5.78 Å². The number of hydrogen-bond acceptors (Lipinski definition) is 5. The summed E-state index contributed by atoms with van der Waals surface area (Å²) in [6.45, 7) is 1.81. The Balaban J connectivity index is 1.51. The molecule has 1 saturated carbocycles. The van der Waals surface area contributed by atoms with Gasteiger partial charge in [0.2, 0.25) is 0 Å². The second-order valence-electron chi connectivity index (χ2n) is 10.7. The first-order valence-corrected chi connectivity index (χ1v) is 15.0. The van der Waals surface area contributed by atoms with Crippen molar-refractivity contribution >= 4 is 44.7 Å². The Hall–Kier alpha value is -3.07. The van der Waals surface area contributed by atoms with Crippen molar-refractivity contribution < 1.29 is 23.1 Å². The van der Waals surface area contributed by atoms with Gasteiger partial charge in [-0.3, -0.25) is 9.59 Å². The lowest BCUT2D eigenvalue weighted by Crippen LogP contribution is -2.45. The summed E-state index contributed by atoms with van der Waals surface area (Å²) in [7, 11) is 3.56. The van der Waals surface area contributed by atoms with Crippen LogP contribution in [-0.2, 0) is 4.74 Å². The highest BCUT2D eigenvalue weighted by Crippen LogP contribution is 2.40. The molecule has 0 spiro atoms. The Morgan fingerprint density at radius 3 is 2.37 bits per heavy atom. The van der Waals surface area contributed by atoms with E-state index in [0.29, 0.717) is 23.8 Å². The molecule has 5 rings (SSSR count). The Kier molecular flexibility index (Phi) is 8.92. The number of methoxy groups -OCH3 is 1. The lowest BCUT2D eigenvalue weighted by atomic mass is 9.87. The maximum absolute atomic E-state index is 14.7. The first-order valence-electron chi connectivity index (χ1n) is 13.8. The van der Waals surface area contributed by atoms with Crippen LogP contribution in [0.1, 0.15) is 70.5 Å². The molecular weight excluding hydrogens is 566 g/mol. The van der Waals surface area contributed by atoms with Gasteiger partial charge < -0.3 is 15.0 Å². The fourth-order valence-electron chi connectivity index (χ4n) is 5.89. The van der Waals surface area contributed by atoms with Crippen LogP contribution in [0.15, 0.2) is 59.9 Å². The molecule has 1 fully saturated rings. The number of rotatable bonds is 8. The lowest BCUT2D eigenvalue weighted by Gasteiger charge is -2.38. The molecule has 1 aromatic heterocycles. The quantitative estimate of drug-likeness (QED) is 0.271. The van der Waals surface area contributed by atoms with Gasteiger partial charge >= 0.3 is 0 Å². The standard InChI is InChI=1S/C32H33ClF2N2O3S/c1-18(38)19-4-6-20(7-5-19)21-8-15-27(40-3)22(16-21)17-37(24-11-9-23(36-2)10-12-24)32(39)31-29(33)28-25(34)13-14-26(35)30(28)41-31/h4-7,13-16,21,23-24,36H,8-12,17H2,1-3H3/t21?,23-,24-. The molecule has 1 heterocycles. The highest BCUT2D eigenvalue weighted by Gasteiger charge is 2.34. The first kappa shape index (κ1) is 29.4. The number of carbonyl (C=O) groups excluding carboxylic acids is 2. The van der Waals surface area contributed by atoms with E-state index in [1.165, 1.54) is 0 Å². The largest absolute Gasteiger partial charge is 0.497 e. The summed E-state index contributed by atoms with van der Waals surface area (Å²) in [5, 5.41) is 3.22. The van der Waals surface area contributed by atoms with Crippen LogP contribution in [0.3, 0.4) is 0 Å². The molecule has 0 radical (unpaired) electrons. The van der Waals surface area contributed by atoms with Crippen molar-refractivity contribution in [1.82, 2.24) is 10.2 Å². The Morgan fingerprint density at radius 2 is 1.76 bits per heavy atom. The van der Waals surface area contributed by atoms with E-state index in [2.05, 4.69) is 11.4 Å². The third-order valence-corrected chi connectivity index (χ3v) is 9.94. The summed E-state index contributed by atoms with van der Waals surface area (Å²) in [5.41, 5.74) is 2.58.